The Kier molecular flexibility index (Phi) is 5.20. The summed E-state index contributed by atoms with van der Waals surface area (Å²) in [4.78, 5) is 11.8. The molecule has 0 aliphatic carbocycles. The maximum absolute atomic E-state index is 11.8. The monoisotopic (exact) mass is 284 g/mol. The van der Waals surface area contributed by atoms with E-state index in [0.29, 0.717) is 10.7 Å². The van der Waals surface area contributed by atoms with E-state index in [0.717, 1.165) is 5.56 Å². The first kappa shape index (κ1) is 15.8. The van der Waals surface area contributed by atoms with Gasteiger partial charge in [0, 0.05) is 17.3 Å². The lowest BCUT2D eigenvalue weighted by molar-refractivity contribution is 0.0170. The second-order valence-electron chi connectivity index (χ2n) is 5.28. The number of carbonyl (C=O) groups excluding carboxylic acids is 1. The Bertz CT molecular complexity index is 459. The van der Waals surface area contributed by atoms with Crippen molar-refractivity contribution in [2.24, 2.45) is 5.92 Å². The third-order valence-electron chi connectivity index (χ3n) is 3.29. The number of aliphatic hydroxyl groups is 1. The van der Waals surface area contributed by atoms with Gasteiger partial charge in [0.25, 0.3) is 0 Å². The van der Waals surface area contributed by atoms with Gasteiger partial charge in [0.05, 0.1) is 5.60 Å². The van der Waals surface area contributed by atoms with Crippen LogP contribution in [-0.4, -0.2) is 23.3 Å². The van der Waals surface area contributed by atoms with Gasteiger partial charge >= 0.3 is 6.03 Å². The summed E-state index contributed by atoms with van der Waals surface area (Å²) in [6.45, 7) is 7.58. The van der Waals surface area contributed by atoms with Crippen LogP contribution in [0.5, 0.6) is 0 Å². The molecule has 1 unspecified atom stereocenters. The number of nitrogens with one attached hydrogen (secondary N) is 2. The van der Waals surface area contributed by atoms with Crippen molar-refractivity contribution in [3.05, 3.63) is 28.8 Å². The molecule has 106 valence electrons. The molecular weight excluding hydrogens is 264 g/mol. The van der Waals surface area contributed by atoms with Crippen LogP contribution in [0.2, 0.25) is 5.02 Å². The average molecular weight is 285 g/mol. The van der Waals surface area contributed by atoms with Crippen LogP contribution in [0.3, 0.4) is 0 Å². The predicted molar refractivity (Wildman–Crippen MR) is 78.7 cm³/mol. The molecule has 0 aliphatic rings. The summed E-state index contributed by atoms with van der Waals surface area (Å²) >= 11 is 5.85. The molecule has 0 fully saturated rings. The van der Waals surface area contributed by atoms with Crippen LogP contribution in [0.4, 0.5) is 10.5 Å². The normalized spacial score (nSPS) is 14.1. The molecule has 2 amide bonds. The summed E-state index contributed by atoms with van der Waals surface area (Å²) in [5.74, 6) is 0.0602. The van der Waals surface area contributed by atoms with Crippen LogP contribution >= 0.6 is 11.6 Å². The first-order valence-corrected chi connectivity index (χ1v) is 6.63. The van der Waals surface area contributed by atoms with E-state index in [9.17, 15) is 9.90 Å². The van der Waals surface area contributed by atoms with Crippen LogP contribution in [0.15, 0.2) is 18.2 Å². The van der Waals surface area contributed by atoms with E-state index in [2.05, 4.69) is 10.6 Å². The smallest absolute Gasteiger partial charge is 0.319 e. The van der Waals surface area contributed by atoms with E-state index in [1.165, 1.54) is 0 Å². The van der Waals surface area contributed by atoms with Gasteiger partial charge in [-0.3, -0.25) is 0 Å². The van der Waals surface area contributed by atoms with Gasteiger partial charge in [-0.05, 0) is 43.5 Å². The number of rotatable bonds is 4. The van der Waals surface area contributed by atoms with Crippen molar-refractivity contribution in [1.29, 1.82) is 0 Å². The number of hydrogen-bond donors (Lipinski definition) is 3. The lowest BCUT2D eigenvalue weighted by Gasteiger charge is -2.27. The maximum Gasteiger partial charge on any atom is 0.319 e. The fraction of sp³-hybridized carbons (Fsp3) is 0.500. The van der Waals surface area contributed by atoms with Gasteiger partial charge in [0.2, 0.25) is 0 Å². The largest absolute Gasteiger partial charge is 0.388 e. The Morgan fingerprint density at radius 2 is 2.11 bits per heavy atom. The molecule has 4 nitrogen and oxygen atoms in total. The Balaban J connectivity index is 2.57. The topological polar surface area (TPSA) is 61.4 Å². The third-order valence-corrected chi connectivity index (χ3v) is 3.52. The van der Waals surface area contributed by atoms with Gasteiger partial charge in [-0.25, -0.2) is 4.79 Å². The summed E-state index contributed by atoms with van der Waals surface area (Å²) in [5.41, 5.74) is 0.663. The van der Waals surface area contributed by atoms with E-state index in [1.54, 1.807) is 25.1 Å². The van der Waals surface area contributed by atoms with Crippen molar-refractivity contribution in [2.45, 2.75) is 33.3 Å². The van der Waals surface area contributed by atoms with E-state index in [1.807, 2.05) is 20.8 Å². The van der Waals surface area contributed by atoms with Gasteiger partial charge < -0.3 is 15.7 Å². The lowest BCUT2D eigenvalue weighted by atomic mass is 9.93. The van der Waals surface area contributed by atoms with Crippen LogP contribution in [0, 0.1) is 12.8 Å². The van der Waals surface area contributed by atoms with Crippen molar-refractivity contribution >= 4 is 23.3 Å². The van der Waals surface area contributed by atoms with Crippen LogP contribution < -0.4 is 10.6 Å². The van der Waals surface area contributed by atoms with E-state index in [4.69, 9.17) is 11.6 Å². The van der Waals surface area contributed by atoms with Gasteiger partial charge in [0.1, 0.15) is 0 Å². The minimum atomic E-state index is -0.924. The fourth-order valence-corrected chi connectivity index (χ4v) is 1.62. The number of anilines is 1. The Hall–Kier alpha value is -1.26. The molecule has 1 aromatic rings. The molecule has 0 aliphatic heterocycles. The second-order valence-corrected chi connectivity index (χ2v) is 5.72. The fourth-order valence-electron chi connectivity index (χ4n) is 1.40. The van der Waals surface area contributed by atoms with E-state index < -0.39 is 5.60 Å². The Morgan fingerprint density at radius 1 is 1.47 bits per heavy atom. The zero-order valence-corrected chi connectivity index (χ0v) is 12.5. The molecule has 1 atom stereocenters. The molecule has 19 heavy (non-hydrogen) atoms. The zero-order valence-electron chi connectivity index (χ0n) is 11.7. The number of hydrogen-bond acceptors (Lipinski definition) is 2. The summed E-state index contributed by atoms with van der Waals surface area (Å²) in [5, 5.41) is 16.1. The molecule has 5 heteroatoms. The minimum absolute atomic E-state index is 0.0602. The van der Waals surface area contributed by atoms with Crippen molar-refractivity contribution in [2.75, 3.05) is 11.9 Å². The number of amides is 2. The number of benzene rings is 1. The highest BCUT2D eigenvalue weighted by Crippen LogP contribution is 2.19. The second kappa shape index (κ2) is 6.26. The summed E-state index contributed by atoms with van der Waals surface area (Å²) in [6.07, 6.45) is 0. The number of carbonyl (C=O) groups is 1. The highest BCUT2D eigenvalue weighted by molar-refractivity contribution is 6.30. The van der Waals surface area contributed by atoms with Crippen LogP contribution in [-0.2, 0) is 0 Å². The first-order valence-electron chi connectivity index (χ1n) is 6.26. The Morgan fingerprint density at radius 3 is 2.63 bits per heavy atom. The van der Waals surface area contributed by atoms with Gasteiger partial charge in [0.15, 0.2) is 0 Å². The molecule has 0 radical (unpaired) electrons. The number of aryl methyl sites for hydroxylation is 1. The molecule has 0 saturated carbocycles. The van der Waals surface area contributed by atoms with Crippen molar-refractivity contribution < 1.29 is 9.90 Å². The Labute approximate surface area is 119 Å². The average Bonchev–Trinajstić information content (AvgIpc) is 2.30. The zero-order chi connectivity index (χ0) is 14.6. The highest BCUT2D eigenvalue weighted by Gasteiger charge is 2.25. The minimum Gasteiger partial charge on any atom is -0.388 e. The predicted octanol–water partition coefficient (Wildman–Crippen LogP) is 3.18. The lowest BCUT2D eigenvalue weighted by Crippen LogP contribution is -2.45. The van der Waals surface area contributed by atoms with Crippen LogP contribution in [0.1, 0.15) is 26.3 Å². The molecule has 0 aromatic heterocycles. The van der Waals surface area contributed by atoms with Crippen molar-refractivity contribution in [3.63, 3.8) is 0 Å². The van der Waals surface area contributed by atoms with Crippen molar-refractivity contribution in [3.8, 4) is 0 Å². The molecular formula is C14H21ClN2O2. The molecule has 0 spiro atoms. The number of urea groups is 1. The van der Waals surface area contributed by atoms with Crippen LogP contribution in [0.25, 0.3) is 0 Å². The van der Waals surface area contributed by atoms with E-state index >= 15 is 0 Å². The molecule has 0 heterocycles. The molecule has 0 bridgehead atoms. The highest BCUT2D eigenvalue weighted by atomic mass is 35.5. The summed E-state index contributed by atoms with van der Waals surface area (Å²) in [7, 11) is 0. The standard InChI is InChI=1S/C14H21ClN2O2/c1-9(2)14(4,19)8-16-13(18)17-12-6-5-11(15)7-10(12)3/h5-7,9,19H,8H2,1-4H3,(H2,16,17,18). The number of halogens is 1. The quantitative estimate of drug-likeness (QED) is 0.795. The maximum atomic E-state index is 11.8. The molecule has 0 saturated heterocycles. The van der Waals surface area contributed by atoms with Crippen molar-refractivity contribution in [1.82, 2.24) is 5.32 Å². The first-order chi connectivity index (χ1) is 8.72. The van der Waals surface area contributed by atoms with E-state index in [-0.39, 0.29) is 18.5 Å². The summed E-state index contributed by atoms with van der Waals surface area (Å²) < 4.78 is 0. The van der Waals surface area contributed by atoms with Gasteiger partial charge in [-0.2, -0.15) is 0 Å². The molecule has 1 rings (SSSR count). The SMILES string of the molecule is Cc1cc(Cl)ccc1NC(=O)NCC(C)(O)C(C)C. The van der Waals surface area contributed by atoms with Gasteiger partial charge in [-0.1, -0.05) is 25.4 Å². The summed E-state index contributed by atoms with van der Waals surface area (Å²) in [6, 6.07) is 4.90. The molecule has 1 aromatic carbocycles. The molecule has 3 N–H and O–H groups in total. The van der Waals surface area contributed by atoms with Gasteiger partial charge in [-0.15, -0.1) is 0 Å². The third kappa shape index (κ3) is 4.73.